The molecule has 4 nitrogen and oxygen atoms in total. The molecule has 3 aromatic rings. The summed E-state index contributed by atoms with van der Waals surface area (Å²) in [4.78, 5) is 0. The van der Waals surface area contributed by atoms with Crippen LogP contribution in [-0.4, -0.2) is 10.2 Å². The summed E-state index contributed by atoms with van der Waals surface area (Å²) in [5.41, 5.74) is 1.81. The van der Waals surface area contributed by atoms with Crippen molar-refractivity contribution in [3.05, 3.63) is 65.5 Å². The molecule has 0 saturated carbocycles. The molecule has 3 rings (SSSR count). The Hall–Kier alpha value is -2.33. The predicted molar refractivity (Wildman–Crippen MR) is 80.2 cm³/mol. The average Bonchev–Trinajstić information content (AvgIpc) is 3.02. The van der Waals surface area contributed by atoms with Gasteiger partial charge in [-0.15, -0.1) is 10.2 Å². The zero-order valence-corrected chi connectivity index (χ0v) is 12.1. The predicted octanol–water partition coefficient (Wildman–Crippen LogP) is 4.53. The lowest BCUT2D eigenvalue weighted by molar-refractivity contribution is 0.227. The molecule has 0 saturated heterocycles. The maximum atomic E-state index is 6.17. The van der Waals surface area contributed by atoms with Crippen LogP contribution in [0.15, 0.2) is 59.3 Å². The second-order valence-corrected chi connectivity index (χ2v) is 4.96. The molecule has 0 unspecified atom stereocenters. The highest BCUT2D eigenvalue weighted by Crippen LogP contribution is 2.28. The SMILES string of the molecule is C[C@H](Oc1ccc(-c2nnco2)cc1)c1ccccc1Cl. The molecule has 1 atom stereocenters. The molecule has 5 heteroatoms. The number of halogens is 1. The highest BCUT2D eigenvalue weighted by Gasteiger charge is 2.11. The normalized spacial score (nSPS) is 12.1. The number of rotatable bonds is 4. The minimum absolute atomic E-state index is 0.132. The first kappa shape index (κ1) is 13.6. The molecule has 0 aliphatic heterocycles. The van der Waals surface area contributed by atoms with Crippen molar-refractivity contribution in [2.45, 2.75) is 13.0 Å². The summed E-state index contributed by atoms with van der Waals surface area (Å²) in [6.07, 6.45) is 1.17. The largest absolute Gasteiger partial charge is 0.486 e. The van der Waals surface area contributed by atoms with Gasteiger partial charge < -0.3 is 9.15 Å². The lowest BCUT2D eigenvalue weighted by Crippen LogP contribution is -2.03. The van der Waals surface area contributed by atoms with Crippen molar-refractivity contribution in [2.75, 3.05) is 0 Å². The monoisotopic (exact) mass is 300 g/mol. The Labute approximate surface area is 127 Å². The first-order valence-corrected chi connectivity index (χ1v) is 6.89. The summed E-state index contributed by atoms with van der Waals surface area (Å²) in [6, 6.07) is 15.1. The van der Waals surface area contributed by atoms with Crippen LogP contribution in [0.1, 0.15) is 18.6 Å². The summed E-state index contributed by atoms with van der Waals surface area (Å²) in [5, 5.41) is 8.22. The summed E-state index contributed by atoms with van der Waals surface area (Å²) in [5.74, 6) is 1.24. The number of nitrogens with zero attached hydrogens (tertiary/aromatic N) is 2. The van der Waals surface area contributed by atoms with Gasteiger partial charge in [0.1, 0.15) is 11.9 Å². The summed E-state index contributed by atoms with van der Waals surface area (Å²) in [7, 11) is 0. The van der Waals surface area contributed by atoms with Crippen LogP contribution in [0.3, 0.4) is 0 Å². The maximum absolute atomic E-state index is 6.17. The molecule has 0 radical (unpaired) electrons. The van der Waals surface area contributed by atoms with E-state index in [1.54, 1.807) is 0 Å². The highest BCUT2D eigenvalue weighted by atomic mass is 35.5. The highest BCUT2D eigenvalue weighted by molar-refractivity contribution is 6.31. The standard InChI is InChI=1S/C16H13ClN2O2/c1-11(14-4-2-3-5-15(14)17)21-13-8-6-12(7-9-13)16-19-18-10-20-16/h2-11H,1H3/t11-/m0/s1. The molecule has 1 heterocycles. The van der Waals surface area contributed by atoms with Crippen LogP contribution >= 0.6 is 11.6 Å². The quantitative estimate of drug-likeness (QED) is 0.710. The topological polar surface area (TPSA) is 48.2 Å². The van der Waals surface area contributed by atoms with E-state index in [4.69, 9.17) is 20.8 Å². The Balaban J connectivity index is 1.75. The minimum atomic E-state index is -0.132. The van der Waals surface area contributed by atoms with Gasteiger partial charge in [0, 0.05) is 16.1 Å². The molecule has 0 aliphatic carbocycles. The van der Waals surface area contributed by atoms with Crippen molar-refractivity contribution in [1.29, 1.82) is 0 Å². The number of benzene rings is 2. The Kier molecular flexibility index (Phi) is 3.88. The van der Waals surface area contributed by atoms with Crippen LogP contribution in [0.2, 0.25) is 5.02 Å². The fraction of sp³-hybridized carbons (Fsp3) is 0.125. The van der Waals surface area contributed by atoms with Crippen molar-refractivity contribution in [1.82, 2.24) is 10.2 Å². The van der Waals surface area contributed by atoms with Crippen molar-refractivity contribution < 1.29 is 9.15 Å². The molecule has 0 N–H and O–H groups in total. The Bertz CT molecular complexity index is 711. The van der Waals surface area contributed by atoms with E-state index in [1.165, 1.54) is 6.39 Å². The van der Waals surface area contributed by atoms with Crippen molar-refractivity contribution in [3.8, 4) is 17.2 Å². The van der Waals surface area contributed by atoms with Gasteiger partial charge in [0.15, 0.2) is 0 Å². The zero-order valence-electron chi connectivity index (χ0n) is 11.4. The van der Waals surface area contributed by atoms with Gasteiger partial charge in [-0.3, -0.25) is 0 Å². The van der Waals surface area contributed by atoms with Gasteiger partial charge in [0.2, 0.25) is 12.3 Å². The van der Waals surface area contributed by atoms with Crippen molar-refractivity contribution >= 4 is 11.6 Å². The van der Waals surface area contributed by atoms with Crippen LogP contribution in [0.25, 0.3) is 11.5 Å². The Morgan fingerprint density at radius 2 is 1.86 bits per heavy atom. The molecule has 0 amide bonds. The summed E-state index contributed by atoms with van der Waals surface area (Å²) < 4.78 is 11.0. The van der Waals surface area contributed by atoms with E-state index < -0.39 is 0 Å². The van der Waals surface area contributed by atoms with Crippen molar-refractivity contribution in [3.63, 3.8) is 0 Å². The van der Waals surface area contributed by atoms with Gasteiger partial charge >= 0.3 is 0 Å². The molecule has 0 bridgehead atoms. The van der Waals surface area contributed by atoms with E-state index in [0.717, 1.165) is 16.9 Å². The molecule has 0 fully saturated rings. The number of aromatic nitrogens is 2. The first-order chi connectivity index (χ1) is 10.2. The van der Waals surface area contributed by atoms with Crippen LogP contribution in [0, 0.1) is 0 Å². The van der Waals surface area contributed by atoms with E-state index in [0.29, 0.717) is 10.9 Å². The molecule has 2 aromatic carbocycles. The average molecular weight is 301 g/mol. The number of hydrogen-bond acceptors (Lipinski definition) is 4. The molecule has 0 spiro atoms. The van der Waals surface area contributed by atoms with Gasteiger partial charge in [-0.25, -0.2) is 0 Å². The fourth-order valence-electron chi connectivity index (χ4n) is 2.05. The molecule has 1 aromatic heterocycles. The van der Waals surface area contributed by atoms with Gasteiger partial charge in [-0.1, -0.05) is 29.8 Å². The van der Waals surface area contributed by atoms with Gasteiger partial charge in [0.05, 0.1) is 0 Å². The van der Waals surface area contributed by atoms with E-state index in [1.807, 2.05) is 55.5 Å². The van der Waals surface area contributed by atoms with Gasteiger partial charge in [0.25, 0.3) is 0 Å². The minimum Gasteiger partial charge on any atom is -0.486 e. The number of hydrogen-bond donors (Lipinski definition) is 0. The Morgan fingerprint density at radius 3 is 2.52 bits per heavy atom. The van der Waals surface area contributed by atoms with E-state index in [9.17, 15) is 0 Å². The maximum Gasteiger partial charge on any atom is 0.247 e. The van der Waals surface area contributed by atoms with E-state index >= 15 is 0 Å². The lowest BCUT2D eigenvalue weighted by Gasteiger charge is -2.16. The van der Waals surface area contributed by atoms with E-state index in [-0.39, 0.29) is 6.10 Å². The second-order valence-electron chi connectivity index (χ2n) is 4.55. The lowest BCUT2D eigenvalue weighted by atomic mass is 10.1. The molecular formula is C16H13ClN2O2. The zero-order chi connectivity index (χ0) is 14.7. The third-order valence-electron chi connectivity index (χ3n) is 3.12. The summed E-state index contributed by atoms with van der Waals surface area (Å²) in [6.45, 7) is 1.97. The third-order valence-corrected chi connectivity index (χ3v) is 3.46. The summed E-state index contributed by atoms with van der Waals surface area (Å²) >= 11 is 6.17. The molecule has 0 aliphatic rings. The number of ether oxygens (including phenoxy) is 1. The van der Waals surface area contributed by atoms with Gasteiger partial charge in [-0.2, -0.15) is 0 Å². The second kappa shape index (κ2) is 5.97. The third kappa shape index (κ3) is 3.06. The fourth-order valence-corrected chi connectivity index (χ4v) is 2.34. The van der Waals surface area contributed by atoms with Gasteiger partial charge in [-0.05, 0) is 37.3 Å². The first-order valence-electron chi connectivity index (χ1n) is 6.52. The smallest absolute Gasteiger partial charge is 0.247 e. The van der Waals surface area contributed by atoms with Crippen LogP contribution < -0.4 is 4.74 Å². The van der Waals surface area contributed by atoms with Crippen molar-refractivity contribution in [2.24, 2.45) is 0 Å². The molecular weight excluding hydrogens is 288 g/mol. The van der Waals surface area contributed by atoms with E-state index in [2.05, 4.69) is 10.2 Å². The van der Waals surface area contributed by atoms with Crippen LogP contribution in [0.5, 0.6) is 5.75 Å². The Morgan fingerprint density at radius 1 is 1.10 bits per heavy atom. The van der Waals surface area contributed by atoms with Crippen LogP contribution in [0.4, 0.5) is 0 Å². The molecule has 21 heavy (non-hydrogen) atoms. The molecule has 106 valence electrons. The van der Waals surface area contributed by atoms with Crippen LogP contribution in [-0.2, 0) is 0 Å².